The molecule has 0 saturated carbocycles. The SMILES string of the molecule is O=COCc1ncsc1N[C@@H](Cc1ccc(CS(=O)(=O)[O-])cc1)c1csc(-c2ccccc2)n1. The molecular weight excluding hydrogens is 494 g/mol. The van der Waals surface area contributed by atoms with E-state index in [1.54, 1.807) is 29.0 Å². The lowest BCUT2D eigenvalue weighted by Gasteiger charge is -2.18. The third-order valence-corrected chi connectivity index (χ3v) is 7.34. The highest BCUT2D eigenvalue weighted by Gasteiger charge is 2.19. The lowest BCUT2D eigenvalue weighted by atomic mass is 10.0. The largest absolute Gasteiger partial charge is 0.748 e. The van der Waals surface area contributed by atoms with Gasteiger partial charge in [0, 0.05) is 10.9 Å². The molecule has 0 saturated heterocycles. The fraction of sp³-hybridized carbons (Fsp3) is 0.174. The fourth-order valence-electron chi connectivity index (χ4n) is 3.36. The predicted molar refractivity (Wildman–Crippen MR) is 130 cm³/mol. The normalized spacial score (nSPS) is 12.3. The smallest absolute Gasteiger partial charge is 0.293 e. The Balaban J connectivity index is 1.60. The van der Waals surface area contributed by atoms with Gasteiger partial charge in [0.1, 0.15) is 22.3 Å². The maximum absolute atomic E-state index is 11.0. The molecule has 0 spiro atoms. The van der Waals surface area contributed by atoms with E-state index in [9.17, 15) is 17.8 Å². The van der Waals surface area contributed by atoms with Gasteiger partial charge in [-0.1, -0.05) is 54.6 Å². The summed E-state index contributed by atoms with van der Waals surface area (Å²) in [5.41, 5.74) is 5.55. The summed E-state index contributed by atoms with van der Waals surface area (Å²) < 4.78 is 38.0. The molecule has 0 aliphatic carbocycles. The Morgan fingerprint density at radius 1 is 1.06 bits per heavy atom. The maximum atomic E-state index is 11.0. The van der Waals surface area contributed by atoms with Gasteiger partial charge < -0.3 is 14.6 Å². The van der Waals surface area contributed by atoms with Crippen LogP contribution in [0.15, 0.2) is 65.5 Å². The second-order valence-corrected chi connectivity index (χ2v) is 10.5. The molecule has 2 aromatic heterocycles. The van der Waals surface area contributed by atoms with Gasteiger partial charge in [0.25, 0.3) is 6.47 Å². The van der Waals surface area contributed by atoms with Crippen molar-refractivity contribution in [2.45, 2.75) is 24.8 Å². The Labute approximate surface area is 205 Å². The van der Waals surface area contributed by atoms with Crippen LogP contribution in [0.1, 0.15) is 28.6 Å². The minimum absolute atomic E-state index is 0.0623. The summed E-state index contributed by atoms with van der Waals surface area (Å²) in [6.07, 6.45) is 0.550. The molecule has 4 rings (SSSR count). The molecule has 0 radical (unpaired) electrons. The van der Waals surface area contributed by atoms with Crippen molar-refractivity contribution in [3.63, 3.8) is 0 Å². The van der Waals surface area contributed by atoms with Gasteiger partial charge in [0.2, 0.25) is 0 Å². The molecule has 2 aromatic carbocycles. The van der Waals surface area contributed by atoms with Crippen molar-refractivity contribution < 1.29 is 22.5 Å². The van der Waals surface area contributed by atoms with E-state index in [2.05, 4.69) is 10.3 Å². The number of ether oxygens (including phenoxy) is 1. The Morgan fingerprint density at radius 2 is 1.79 bits per heavy atom. The topological polar surface area (TPSA) is 121 Å². The monoisotopic (exact) mass is 514 g/mol. The number of aromatic nitrogens is 2. The van der Waals surface area contributed by atoms with Crippen molar-refractivity contribution >= 4 is 44.3 Å². The fourth-order valence-corrected chi connectivity index (χ4v) is 5.58. The Hall–Kier alpha value is -3.12. The molecule has 0 fully saturated rings. The number of hydrogen-bond donors (Lipinski definition) is 1. The van der Waals surface area contributed by atoms with Crippen LogP contribution >= 0.6 is 22.7 Å². The highest BCUT2D eigenvalue weighted by atomic mass is 32.2. The summed E-state index contributed by atoms with van der Waals surface area (Å²) in [4.78, 5) is 19.7. The number of thiazole rings is 2. The second kappa shape index (κ2) is 10.9. The summed E-state index contributed by atoms with van der Waals surface area (Å²) >= 11 is 2.95. The van der Waals surface area contributed by atoms with Gasteiger partial charge in [-0.05, 0) is 17.5 Å². The first kappa shape index (κ1) is 24.0. The molecule has 1 N–H and O–H groups in total. The molecule has 0 amide bonds. The molecule has 176 valence electrons. The van der Waals surface area contributed by atoms with Gasteiger partial charge in [0.05, 0.1) is 33.1 Å². The van der Waals surface area contributed by atoms with E-state index in [1.165, 1.54) is 11.3 Å². The number of nitrogens with zero attached hydrogens (tertiary/aromatic N) is 2. The van der Waals surface area contributed by atoms with Gasteiger partial charge in [0.15, 0.2) is 0 Å². The highest BCUT2D eigenvalue weighted by molar-refractivity contribution is 7.84. The molecule has 0 bridgehead atoms. The van der Waals surface area contributed by atoms with E-state index in [4.69, 9.17) is 9.72 Å². The summed E-state index contributed by atoms with van der Waals surface area (Å²) in [6.45, 7) is 0.448. The number of carbonyl (C=O) groups is 1. The number of hydrogen-bond acceptors (Lipinski definition) is 10. The van der Waals surface area contributed by atoms with E-state index in [1.807, 2.05) is 47.8 Å². The second-order valence-electron chi connectivity index (χ2n) is 7.40. The molecule has 11 heteroatoms. The van der Waals surface area contributed by atoms with E-state index in [-0.39, 0.29) is 12.6 Å². The molecule has 34 heavy (non-hydrogen) atoms. The van der Waals surface area contributed by atoms with Crippen LogP contribution < -0.4 is 5.32 Å². The predicted octanol–water partition coefficient (Wildman–Crippen LogP) is 4.38. The first-order valence-corrected chi connectivity index (χ1v) is 13.5. The Morgan fingerprint density at radius 3 is 2.50 bits per heavy atom. The zero-order chi connectivity index (χ0) is 24.0. The average Bonchev–Trinajstić information content (AvgIpc) is 3.48. The van der Waals surface area contributed by atoms with Crippen molar-refractivity contribution in [1.29, 1.82) is 0 Å². The highest BCUT2D eigenvalue weighted by Crippen LogP contribution is 2.32. The van der Waals surface area contributed by atoms with Crippen molar-refractivity contribution in [2.24, 2.45) is 0 Å². The van der Waals surface area contributed by atoms with E-state index < -0.39 is 15.9 Å². The van der Waals surface area contributed by atoms with Crippen LogP contribution in [0, 0.1) is 0 Å². The molecular formula is C23H20N3O5S3-. The van der Waals surface area contributed by atoms with Crippen LogP contribution in [0.2, 0.25) is 0 Å². The third kappa shape index (κ3) is 6.48. The lowest BCUT2D eigenvalue weighted by molar-refractivity contribution is -0.129. The first-order valence-electron chi connectivity index (χ1n) is 10.2. The van der Waals surface area contributed by atoms with Crippen LogP contribution in [0.5, 0.6) is 0 Å². The molecule has 0 unspecified atom stereocenters. The number of anilines is 1. The van der Waals surface area contributed by atoms with Crippen molar-refractivity contribution in [2.75, 3.05) is 5.32 Å². The Bertz CT molecular complexity index is 1340. The molecule has 0 aliphatic rings. The van der Waals surface area contributed by atoms with Crippen molar-refractivity contribution in [3.05, 3.63) is 88.0 Å². The number of rotatable bonds is 11. The minimum Gasteiger partial charge on any atom is -0.748 e. The summed E-state index contributed by atoms with van der Waals surface area (Å²) in [5, 5.41) is 7.15. The molecule has 0 aliphatic heterocycles. The zero-order valence-corrected chi connectivity index (χ0v) is 20.2. The molecule has 2 heterocycles. The van der Waals surface area contributed by atoms with Gasteiger partial charge >= 0.3 is 0 Å². The lowest BCUT2D eigenvalue weighted by Crippen LogP contribution is -2.15. The van der Waals surface area contributed by atoms with Gasteiger partial charge in [-0.2, -0.15) is 0 Å². The summed E-state index contributed by atoms with van der Waals surface area (Å²) in [6, 6.07) is 16.6. The van der Waals surface area contributed by atoms with E-state index in [0.29, 0.717) is 24.2 Å². The molecule has 4 aromatic rings. The van der Waals surface area contributed by atoms with Crippen LogP contribution in [0.3, 0.4) is 0 Å². The summed E-state index contributed by atoms with van der Waals surface area (Å²) in [7, 11) is -4.34. The van der Waals surface area contributed by atoms with E-state index >= 15 is 0 Å². The van der Waals surface area contributed by atoms with Crippen LogP contribution in [0.25, 0.3) is 10.6 Å². The van der Waals surface area contributed by atoms with Gasteiger partial charge in [-0.3, -0.25) is 4.79 Å². The van der Waals surface area contributed by atoms with Gasteiger partial charge in [-0.25, -0.2) is 18.4 Å². The number of benzene rings is 2. The van der Waals surface area contributed by atoms with Crippen molar-refractivity contribution in [3.8, 4) is 10.6 Å². The van der Waals surface area contributed by atoms with E-state index in [0.717, 1.165) is 26.8 Å². The van der Waals surface area contributed by atoms with Crippen molar-refractivity contribution in [1.82, 2.24) is 9.97 Å². The Kier molecular flexibility index (Phi) is 7.68. The zero-order valence-electron chi connectivity index (χ0n) is 17.8. The third-order valence-electron chi connectivity index (χ3n) is 4.94. The quantitative estimate of drug-likeness (QED) is 0.231. The standard InChI is InChI=1S/C23H21N3O5S3/c27-15-31-11-20-23(33-14-24-20)25-19(10-16-6-8-17(9-7-16)13-34(28,29)30)21-12-32-22(26-21)18-4-2-1-3-5-18/h1-9,12,14-15,19,25H,10-11,13H2,(H,28,29,30)/p-1/t19-/m0/s1. The van der Waals surface area contributed by atoms with Crippen LogP contribution in [0.4, 0.5) is 5.00 Å². The maximum Gasteiger partial charge on any atom is 0.293 e. The molecule has 8 nitrogen and oxygen atoms in total. The van der Waals surface area contributed by atoms with Crippen LogP contribution in [-0.4, -0.2) is 29.4 Å². The minimum atomic E-state index is -4.34. The van der Waals surface area contributed by atoms with Crippen LogP contribution in [-0.2, 0) is 38.4 Å². The first-order chi connectivity index (χ1) is 16.4. The number of nitrogens with one attached hydrogen (secondary N) is 1. The molecule has 1 atom stereocenters. The summed E-state index contributed by atoms with van der Waals surface area (Å²) in [5.74, 6) is -0.539. The average molecular weight is 515 g/mol. The number of carbonyl (C=O) groups excluding carboxylic acids is 1. The van der Waals surface area contributed by atoms with Gasteiger partial charge in [-0.15, -0.1) is 22.7 Å².